The van der Waals surface area contributed by atoms with Crippen LogP contribution < -0.4 is 4.72 Å². The molecule has 0 saturated carbocycles. The van der Waals surface area contributed by atoms with E-state index in [1.807, 2.05) is 6.92 Å². The zero-order valence-electron chi connectivity index (χ0n) is 13.1. The fourth-order valence-electron chi connectivity index (χ4n) is 2.32. The first-order valence-corrected chi connectivity index (χ1v) is 8.52. The molecule has 7 nitrogen and oxygen atoms in total. The van der Waals surface area contributed by atoms with E-state index in [0.29, 0.717) is 23.4 Å². The van der Waals surface area contributed by atoms with Crippen LogP contribution in [0.4, 0.5) is 0 Å². The van der Waals surface area contributed by atoms with Crippen molar-refractivity contribution in [2.45, 2.75) is 38.6 Å². The molecule has 0 bridgehead atoms. The Morgan fingerprint density at radius 1 is 1.35 bits per heavy atom. The van der Waals surface area contributed by atoms with Crippen LogP contribution in [0.15, 0.2) is 27.6 Å². The molecule has 0 unspecified atom stereocenters. The van der Waals surface area contributed by atoms with Crippen LogP contribution in [0.2, 0.25) is 0 Å². The van der Waals surface area contributed by atoms with Crippen LogP contribution in [-0.2, 0) is 23.0 Å². The highest BCUT2D eigenvalue weighted by Crippen LogP contribution is 2.20. The van der Waals surface area contributed by atoms with E-state index < -0.39 is 16.0 Å². The molecule has 2 aromatic rings. The Morgan fingerprint density at radius 2 is 2.04 bits per heavy atom. The molecule has 0 atom stereocenters. The second kappa shape index (κ2) is 6.51. The van der Waals surface area contributed by atoms with E-state index >= 15 is 0 Å². The molecule has 8 heteroatoms. The van der Waals surface area contributed by atoms with Gasteiger partial charge in [-0.05, 0) is 38.0 Å². The normalized spacial score (nSPS) is 11.6. The maximum Gasteiger partial charge on any atom is 0.335 e. The molecule has 0 amide bonds. The van der Waals surface area contributed by atoms with Gasteiger partial charge in [0.05, 0.1) is 16.2 Å². The van der Waals surface area contributed by atoms with Gasteiger partial charge >= 0.3 is 5.97 Å². The Kier molecular flexibility index (Phi) is 4.86. The topological polar surface area (TPSA) is 110 Å². The molecule has 0 aliphatic heterocycles. The van der Waals surface area contributed by atoms with Gasteiger partial charge in [0, 0.05) is 12.1 Å². The highest BCUT2D eigenvalue weighted by atomic mass is 32.2. The SMILES string of the molecule is CCc1noc(C)c1CNS(=O)(=O)c1cccc(C(=O)O)c1C. The lowest BCUT2D eigenvalue weighted by molar-refractivity contribution is 0.0696. The number of sulfonamides is 1. The molecule has 0 saturated heterocycles. The quantitative estimate of drug-likeness (QED) is 0.834. The summed E-state index contributed by atoms with van der Waals surface area (Å²) in [5, 5.41) is 13.0. The molecule has 0 aliphatic carbocycles. The number of nitrogens with one attached hydrogen (secondary N) is 1. The fourth-order valence-corrected chi connectivity index (χ4v) is 3.58. The summed E-state index contributed by atoms with van der Waals surface area (Å²) in [6.45, 7) is 5.12. The van der Waals surface area contributed by atoms with E-state index in [2.05, 4.69) is 9.88 Å². The van der Waals surface area contributed by atoms with E-state index in [1.165, 1.54) is 25.1 Å². The number of carboxylic acids is 1. The number of hydrogen-bond acceptors (Lipinski definition) is 5. The molecule has 0 radical (unpaired) electrons. The minimum atomic E-state index is -3.85. The van der Waals surface area contributed by atoms with Crippen molar-refractivity contribution in [2.75, 3.05) is 0 Å². The zero-order valence-corrected chi connectivity index (χ0v) is 13.9. The lowest BCUT2D eigenvalue weighted by Crippen LogP contribution is -2.25. The number of aromatic nitrogens is 1. The monoisotopic (exact) mass is 338 g/mol. The first-order chi connectivity index (χ1) is 10.8. The standard InChI is InChI=1S/C15H18N2O5S/c1-4-13-12(10(3)22-17-13)8-16-23(20,21)14-7-5-6-11(9(14)2)15(18)19/h5-7,16H,4,8H2,1-3H3,(H,18,19). The molecule has 23 heavy (non-hydrogen) atoms. The lowest BCUT2D eigenvalue weighted by atomic mass is 10.1. The van der Waals surface area contributed by atoms with E-state index in [9.17, 15) is 13.2 Å². The molecule has 2 rings (SSSR count). The van der Waals surface area contributed by atoms with Gasteiger partial charge in [-0.15, -0.1) is 0 Å². The first kappa shape index (κ1) is 17.2. The number of benzene rings is 1. The highest BCUT2D eigenvalue weighted by Gasteiger charge is 2.22. The molecule has 1 aromatic heterocycles. The Hall–Kier alpha value is -2.19. The van der Waals surface area contributed by atoms with Gasteiger partial charge in [-0.2, -0.15) is 0 Å². The van der Waals surface area contributed by atoms with Gasteiger partial charge in [0.2, 0.25) is 10.0 Å². The Bertz CT molecular complexity index is 840. The molecule has 0 fully saturated rings. The first-order valence-electron chi connectivity index (χ1n) is 7.04. The van der Waals surface area contributed by atoms with Crippen LogP contribution in [0.25, 0.3) is 0 Å². The molecule has 124 valence electrons. The van der Waals surface area contributed by atoms with Gasteiger partial charge < -0.3 is 9.63 Å². The zero-order chi connectivity index (χ0) is 17.2. The molecule has 1 heterocycles. The smallest absolute Gasteiger partial charge is 0.335 e. The fraction of sp³-hybridized carbons (Fsp3) is 0.333. The van der Waals surface area contributed by atoms with Crippen LogP contribution in [0.3, 0.4) is 0 Å². The van der Waals surface area contributed by atoms with Gasteiger partial charge in [0.25, 0.3) is 0 Å². The minimum absolute atomic E-state index is 0.0386. The van der Waals surface area contributed by atoms with Gasteiger partial charge in [0.15, 0.2) is 0 Å². The number of aromatic carboxylic acids is 1. The summed E-state index contributed by atoms with van der Waals surface area (Å²) < 4.78 is 32.5. The third-order valence-corrected chi connectivity index (χ3v) is 5.19. The van der Waals surface area contributed by atoms with Crippen molar-refractivity contribution in [1.82, 2.24) is 9.88 Å². The highest BCUT2D eigenvalue weighted by molar-refractivity contribution is 7.89. The number of carboxylic acid groups (broad SMARTS) is 1. The second-order valence-corrected chi connectivity index (χ2v) is 6.81. The summed E-state index contributed by atoms with van der Waals surface area (Å²) >= 11 is 0. The number of nitrogens with zero attached hydrogens (tertiary/aromatic N) is 1. The van der Waals surface area contributed by atoms with Crippen molar-refractivity contribution in [3.8, 4) is 0 Å². The minimum Gasteiger partial charge on any atom is -0.478 e. The maximum absolute atomic E-state index is 12.5. The Balaban J connectivity index is 2.31. The van der Waals surface area contributed by atoms with Crippen molar-refractivity contribution >= 4 is 16.0 Å². The molecular formula is C15H18N2O5S. The van der Waals surface area contributed by atoms with Crippen LogP contribution in [-0.4, -0.2) is 24.7 Å². The van der Waals surface area contributed by atoms with Crippen LogP contribution in [0.5, 0.6) is 0 Å². The largest absolute Gasteiger partial charge is 0.478 e. The van der Waals surface area contributed by atoms with Crippen molar-refractivity contribution < 1.29 is 22.8 Å². The van der Waals surface area contributed by atoms with Crippen LogP contribution >= 0.6 is 0 Å². The summed E-state index contributed by atoms with van der Waals surface area (Å²) in [6.07, 6.45) is 0.627. The number of carbonyl (C=O) groups is 1. The van der Waals surface area contributed by atoms with Gasteiger partial charge in [-0.3, -0.25) is 0 Å². The van der Waals surface area contributed by atoms with Gasteiger partial charge in [-0.25, -0.2) is 17.9 Å². The van der Waals surface area contributed by atoms with E-state index in [0.717, 1.165) is 0 Å². The van der Waals surface area contributed by atoms with Crippen molar-refractivity contribution in [2.24, 2.45) is 0 Å². The van der Waals surface area contributed by atoms with Gasteiger partial charge in [-0.1, -0.05) is 18.1 Å². The molecule has 2 N–H and O–H groups in total. The summed E-state index contributed by atoms with van der Waals surface area (Å²) in [4.78, 5) is 11.1. The maximum atomic E-state index is 12.5. The van der Waals surface area contributed by atoms with Crippen molar-refractivity contribution in [1.29, 1.82) is 0 Å². The van der Waals surface area contributed by atoms with Crippen LogP contribution in [0.1, 0.15) is 39.9 Å². The molecule has 0 spiro atoms. The van der Waals surface area contributed by atoms with E-state index in [-0.39, 0.29) is 22.6 Å². The molecule has 1 aromatic carbocycles. The van der Waals surface area contributed by atoms with Crippen molar-refractivity contribution in [3.05, 3.63) is 46.3 Å². The third kappa shape index (κ3) is 3.43. The number of aryl methyl sites for hydroxylation is 2. The molecular weight excluding hydrogens is 320 g/mol. The van der Waals surface area contributed by atoms with Crippen LogP contribution in [0, 0.1) is 13.8 Å². The number of hydrogen-bond donors (Lipinski definition) is 2. The third-order valence-electron chi connectivity index (χ3n) is 3.64. The summed E-state index contributed by atoms with van der Waals surface area (Å²) in [5.74, 6) is -0.608. The Morgan fingerprint density at radius 3 is 2.65 bits per heavy atom. The molecule has 0 aliphatic rings. The van der Waals surface area contributed by atoms with Gasteiger partial charge in [0.1, 0.15) is 5.76 Å². The second-order valence-electron chi connectivity index (χ2n) is 5.08. The van der Waals surface area contributed by atoms with E-state index in [4.69, 9.17) is 9.63 Å². The average Bonchev–Trinajstić information content (AvgIpc) is 2.85. The summed E-state index contributed by atoms with van der Waals surface area (Å²) in [7, 11) is -3.85. The predicted octanol–water partition coefficient (Wildman–Crippen LogP) is 2.03. The summed E-state index contributed by atoms with van der Waals surface area (Å²) in [6, 6.07) is 4.16. The average molecular weight is 338 g/mol. The predicted molar refractivity (Wildman–Crippen MR) is 82.8 cm³/mol. The van der Waals surface area contributed by atoms with E-state index in [1.54, 1.807) is 6.92 Å². The number of rotatable bonds is 6. The lowest BCUT2D eigenvalue weighted by Gasteiger charge is -2.11. The summed E-state index contributed by atoms with van der Waals surface area (Å²) in [5.41, 5.74) is 1.55. The Labute approximate surface area is 134 Å². The van der Waals surface area contributed by atoms with Crippen molar-refractivity contribution in [3.63, 3.8) is 0 Å².